The van der Waals surface area contributed by atoms with E-state index >= 15 is 0 Å². The summed E-state index contributed by atoms with van der Waals surface area (Å²) in [5.41, 5.74) is 13.9. The number of H-pyrrole nitrogens is 1. The van der Waals surface area contributed by atoms with E-state index in [-0.39, 0.29) is 5.41 Å². The quantitative estimate of drug-likeness (QED) is 0.212. The first-order chi connectivity index (χ1) is 22.1. The fourth-order valence-corrected chi connectivity index (χ4v) is 8.17. The molecule has 45 heavy (non-hydrogen) atoms. The van der Waals surface area contributed by atoms with Crippen LogP contribution in [0.15, 0.2) is 140 Å². The maximum absolute atomic E-state index is 3.67. The normalized spacial score (nSPS) is 13.7. The molecule has 2 nitrogen and oxygen atoms in total. The second kappa shape index (κ2) is 8.74. The zero-order valence-electron chi connectivity index (χ0n) is 25.2. The summed E-state index contributed by atoms with van der Waals surface area (Å²) in [5, 5.41) is 7.74. The maximum atomic E-state index is 3.67. The predicted molar refractivity (Wildman–Crippen MR) is 191 cm³/mol. The zero-order valence-corrected chi connectivity index (χ0v) is 25.2. The van der Waals surface area contributed by atoms with Crippen LogP contribution in [-0.4, -0.2) is 9.55 Å². The summed E-state index contributed by atoms with van der Waals surface area (Å²) < 4.78 is 2.45. The highest BCUT2D eigenvalue weighted by Gasteiger charge is 2.38. The average molecular weight is 575 g/mol. The number of hydrogen-bond donors (Lipinski definition) is 1. The minimum absolute atomic E-state index is 0.146. The Balaban J connectivity index is 1.17. The van der Waals surface area contributed by atoms with Crippen LogP contribution in [0.4, 0.5) is 0 Å². The van der Waals surface area contributed by atoms with Gasteiger partial charge in [-0.25, -0.2) is 0 Å². The van der Waals surface area contributed by atoms with Crippen molar-refractivity contribution in [1.29, 1.82) is 0 Å². The van der Waals surface area contributed by atoms with E-state index in [1.54, 1.807) is 0 Å². The summed E-state index contributed by atoms with van der Waals surface area (Å²) in [4.78, 5) is 3.67. The molecule has 0 unspecified atom stereocenters. The van der Waals surface area contributed by atoms with E-state index < -0.39 is 0 Å². The van der Waals surface area contributed by atoms with Crippen LogP contribution in [0.25, 0.3) is 82.3 Å². The number of rotatable bonds is 2. The second-order valence-corrected chi connectivity index (χ2v) is 13.1. The van der Waals surface area contributed by atoms with E-state index in [4.69, 9.17) is 0 Å². The van der Waals surface area contributed by atoms with Gasteiger partial charge in [-0.15, -0.1) is 0 Å². The van der Waals surface area contributed by atoms with Crippen molar-refractivity contribution in [2.24, 2.45) is 0 Å². The summed E-state index contributed by atoms with van der Waals surface area (Å²) in [6.07, 6.45) is 0. The Morgan fingerprint density at radius 3 is 2.13 bits per heavy atom. The lowest BCUT2D eigenvalue weighted by atomic mass is 9.80. The van der Waals surface area contributed by atoms with Crippen molar-refractivity contribution >= 4 is 54.4 Å². The Bertz CT molecular complexity index is 2680. The molecule has 0 radical (unpaired) electrons. The minimum Gasteiger partial charge on any atom is -0.355 e. The Morgan fingerprint density at radius 2 is 1.22 bits per heavy atom. The fraction of sp³-hybridized carbons (Fsp3) is 0.0698. The molecule has 7 aromatic carbocycles. The third-order valence-corrected chi connectivity index (χ3v) is 10.3. The van der Waals surface area contributed by atoms with E-state index in [2.05, 4.69) is 163 Å². The molecule has 0 amide bonds. The van der Waals surface area contributed by atoms with Crippen LogP contribution in [0.5, 0.6) is 0 Å². The molecule has 2 heterocycles. The fourth-order valence-electron chi connectivity index (χ4n) is 8.17. The first-order valence-electron chi connectivity index (χ1n) is 15.8. The summed E-state index contributed by atoms with van der Waals surface area (Å²) in [5.74, 6) is 0. The molecule has 0 saturated heterocycles. The molecule has 10 rings (SSSR count). The first kappa shape index (κ1) is 24.8. The molecule has 0 spiro atoms. The van der Waals surface area contributed by atoms with Gasteiger partial charge < -0.3 is 9.55 Å². The molecule has 0 fully saturated rings. The van der Waals surface area contributed by atoms with Gasteiger partial charge in [0.2, 0.25) is 0 Å². The maximum Gasteiger partial charge on any atom is 0.0541 e. The smallest absolute Gasteiger partial charge is 0.0541 e. The second-order valence-electron chi connectivity index (χ2n) is 13.1. The Hall–Kier alpha value is -5.60. The molecule has 2 aromatic heterocycles. The van der Waals surface area contributed by atoms with E-state index in [0.717, 1.165) is 0 Å². The number of hydrogen-bond acceptors (Lipinski definition) is 0. The molecular formula is C43H30N2. The molecule has 1 aliphatic carbocycles. The molecule has 9 aromatic rings. The van der Waals surface area contributed by atoms with Crippen LogP contribution in [0, 0.1) is 0 Å². The van der Waals surface area contributed by atoms with Crippen molar-refractivity contribution in [3.8, 4) is 27.9 Å². The lowest BCUT2D eigenvalue weighted by Gasteiger charge is -2.23. The topological polar surface area (TPSA) is 20.7 Å². The van der Waals surface area contributed by atoms with Gasteiger partial charge in [-0.2, -0.15) is 0 Å². The van der Waals surface area contributed by atoms with Crippen LogP contribution in [0.1, 0.15) is 25.0 Å². The van der Waals surface area contributed by atoms with Gasteiger partial charge in [0.25, 0.3) is 0 Å². The summed E-state index contributed by atoms with van der Waals surface area (Å²) in [6.45, 7) is 4.79. The van der Waals surface area contributed by atoms with Crippen LogP contribution < -0.4 is 0 Å². The number of aromatic amines is 1. The number of nitrogens with one attached hydrogen (secondary N) is 1. The molecule has 0 bridgehead atoms. The van der Waals surface area contributed by atoms with Crippen LogP contribution >= 0.6 is 0 Å². The van der Waals surface area contributed by atoms with Gasteiger partial charge in [0.1, 0.15) is 0 Å². The number of fused-ring (bicyclic) bond motifs is 11. The summed E-state index contributed by atoms with van der Waals surface area (Å²) >= 11 is 0. The van der Waals surface area contributed by atoms with Gasteiger partial charge in [0.15, 0.2) is 0 Å². The molecule has 0 aliphatic heterocycles. The van der Waals surface area contributed by atoms with Gasteiger partial charge in [-0.1, -0.05) is 105 Å². The van der Waals surface area contributed by atoms with Gasteiger partial charge in [0.05, 0.1) is 11.0 Å². The standard InChI is InChI=1S/C43H30N2/c1-43(2)36-25-30(18-19-31(36)33-20-21-38-41(42(33)43)34-12-5-7-13-37(34)44-38)45-39-14-8-6-11-32(39)35-24-29(17-22-40(35)45)28-16-15-26-9-3-4-10-27(26)23-28/h3-25,44H,1-2H3. The van der Waals surface area contributed by atoms with Crippen LogP contribution in [0.2, 0.25) is 0 Å². The average Bonchev–Trinajstić information content (AvgIpc) is 3.69. The van der Waals surface area contributed by atoms with Gasteiger partial charge in [-0.05, 0) is 92.7 Å². The van der Waals surface area contributed by atoms with Crippen LogP contribution in [0.3, 0.4) is 0 Å². The van der Waals surface area contributed by atoms with Gasteiger partial charge >= 0.3 is 0 Å². The van der Waals surface area contributed by atoms with Crippen molar-refractivity contribution in [3.05, 3.63) is 151 Å². The van der Waals surface area contributed by atoms with Crippen molar-refractivity contribution in [2.75, 3.05) is 0 Å². The van der Waals surface area contributed by atoms with Crippen molar-refractivity contribution in [2.45, 2.75) is 19.3 Å². The SMILES string of the molecule is CC1(C)c2cc(-n3c4ccccc4c4cc(-c5ccc6ccccc6c5)ccc43)ccc2-c2ccc3[nH]c4ccccc4c3c21. The molecule has 2 heteroatoms. The highest BCUT2D eigenvalue weighted by molar-refractivity contribution is 6.13. The number of aromatic nitrogens is 2. The van der Waals surface area contributed by atoms with E-state index in [9.17, 15) is 0 Å². The van der Waals surface area contributed by atoms with E-state index in [0.29, 0.717) is 0 Å². The van der Waals surface area contributed by atoms with Crippen molar-refractivity contribution in [3.63, 3.8) is 0 Å². The van der Waals surface area contributed by atoms with Gasteiger partial charge in [-0.3, -0.25) is 0 Å². The summed E-state index contributed by atoms with van der Waals surface area (Å²) in [6, 6.07) is 51.5. The zero-order chi connectivity index (χ0) is 29.9. The Kier molecular flexibility index (Phi) is 4.82. The Labute approximate surface area is 261 Å². The number of benzene rings is 7. The lowest BCUT2D eigenvalue weighted by Crippen LogP contribution is -2.16. The van der Waals surface area contributed by atoms with Crippen LogP contribution in [-0.2, 0) is 5.41 Å². The highest BCUT2D eigenvalue weighted by atomic mass is 15.0. The molecule has 212 valence electrons. The third kappa shape index (κ3) is 3.34. The molecule has 0 saturated carbocycles. The number of nitrogens with zero attached hydrogens (tertiary/aromatic N) is 1. The third-order valence-electron chi connectivity index (χ3n) is 10.3. The number of para-hydroxylation sites is 2. The molecule has 1 aliphatic rings. The predicted octanol–water partition coefficient (Wildman–Crippen LogP) is 11.5. The first-order valence-corrected chi connectivity index (χ1v) is 15.8. The molecule has 1 N–H and O–H groups in total. The van der Waals surface area contributed by atoms with E-state index in [1.807, 2.05) is 0 Å². The van der Waals surface area contributed by atoms with Crippen molar-refractivity contribution in [1.82, 2.24) is 9.55 Å². The monoisotopic (exact) mass is 574 g/mol. The lowest BCUT2D eigenvalue weighted by molar-refractivity contribution is 0.666. The highest BCUT2D eigenvalue weighted by Crippen LogP contribution is 2.53. The van der Waals surface area contributed by atoms with E-state index in [1.165, 1.54) is 93.5 Å². The van der Waals surface area contributed by atoms with Gasteiger partial charge in [0, 0.05) is 43.7 Å². The summed E-state index contributed by atoms with van der Waals surface area (Å²) in [7, 11) is 0. The Morgan fingerprint density at radius 1 is 0.511 bits per heavy atom. The van der Waals surface area contributed by atoms with Crippen molar-refractivity contribution < 1.29 is 0 Å². The molecule has 0 atom stereocenters. The minimum atomic E-state index is -0.146. The largest absolute Gasteiger partial charge is 0.355 e. The molecular weight excluding hydrogens is 544 g/mol.